The molecule has 2 fully saturated rings. The Hall–Kier alpha value is -2.46. The average molecular weight is 431 g/mol. The topological polar surface area (TPSA) is 46.3 Å². The van der Waals surface area contributed by atoms with Crippen LogP contribution in [0.25, 0.3) is 11.0 Å². The van der Waals surface area contributed by atoms with Crippen LogP contribution < -0.4 is 0 Å². The molecule has 3 heterocycles. The predicted octanol–water partition coefficient (Wildman–Crippen LogP) is 6.33. The number of rotatable bonds is 7. The first-order valence-electron chi connectivity index (χ1n) is 12.4. The summed E-state index contributed by atoms with van der Waals surface area (Å²) in [5.74, 6) is 1.20. The van der Waals surface area contributed by atoms with Gasteiger partial charge in [-0.2, -0.15) is 0 Å². The van der Waals surface area contributed by atoms with Crippen LogP contribution in [0.1, 0.15) is 74.5 Å². The van der Waals surface area contributed by atoms with Gasteiger partial charge in [-0.25, -0.2) is 0 Å². The van der Waals surface area contributed by atoms with Gasteiger partial charge in [-0.05, 0) is 87.5 Å². The molecule has 0 spiro atoms. The second-order valence-electron chi connectivity index (χ2n) is 9.63. The van der Waals surface area contributed by atoms with Gasteiger partial charge < -0.3 is 9.32 Å². The Morgan fingerprint density at radius 3 is 2.62 bits per heavy atom. The van der Waals surface area contributed by atoms with E-state index >= 15 is 0 Å². The van der Waals surface area contributed by atoms with Gasteiger partial charge in [-0.15, -0.1) is 0 Å². The molecule has 0 bridgehead atoms. The van der Waals surface area contributed by atoms with Gasteiger partial charge in [0, 0.05) is 17.5 Å². The number of hydrogen-bond donors (Lipinski definition) is 0. The van der Waals surface area contributed by atoms with Gasteiger partial charge in [-0.1, -0.05) is 37.5 Å². The number of likely N-dealkylation sites (tertiary alicyclic amines) is 1. The maximum atomic E-state index is 13.4. The first-order valence-corrected chi connectivity index (χ1v) is 12.4. The molecular formula is C28H34N2O2. The molecule has 1 aliphatic heterocycles. The van der Waals surface area contributed by atoms with Crippen molar-refractivity contribution in [1.29, 1.82) is 0 Å². The molecule has 5 rings (SSSR count). The summed E-state index contributed by atoms with van der Waals surface area (Å²) in [5.41, 5.74) is 3.38. The summed E-state index contributed by atoms with van der Waals surface area (Å²) in [6.45, 7) is 3.15. The number of piperidine rings is 1. The van der Waals surface area contributed by atoms with Gasteiger partial charge >= 0.3 is 0 Å². The molecule has 0 amide bonds. The van der Waals surface area contributed by atoms with E-state index in [4.69, 9.17) is 4.42 Å². The lowest BCUT2D eigenvalue weighted by Crippen LogP contribution is -2.35. The van der Waals surface area contributed by atoms with Crippen molar-refractivity contribution in [3.8, 4) is 0 Å². The Morgan fingerprint density at radius 2 is 1.84 bits per heavy atom. The molecule has 1 saturated heterocycles. The van der Waals surface area contributed by atoms with Crippen molar-refractivity contribution >= 4 is 16.8 Å². The number of hydrogen-bond acceptors (Lipinski definition) is 4. The number of pyridine rings is 1. The zero-order valence-corrected chi connectivity index (χ0v) is 18.9. The minimum Gasteiger partial charge on any atom is -0.464 e. The van der Waals surface area contributed by atoms with Crippen LogP contribution in [0.2, 0.25) is 0 Å². The van der Waals surface area contributed by atoms with Crippen molar-refractivity contribution < 1.29 is 9.21 Å². The molecule has 1 unspecified atom stereocenters. The predicted molar refractivity (Wildman–Crippen MR) is 128 cm³/mol. The highest BCUT2D eigenvalue weighted by Gasteiger charge is 2.31. The van der Waals surface area contributed by atoms with E-state index in [2.05, 4.69) is 34.1 Å². The van der Waals surface area contributed by atoms with Crippen LogP contribution in [0.3, 0.4) is 0 Å². The number of carbonyl (C=O) groups is 1. The van der Waals surface area contributed by atoms with Crippen LogP contribution >= 0.6 is 0 Å². The zero-order chi connectivity index (χ0) is 21.8. The van der Waals surface area contributed by atoms with Crippen molar-refractivity contribution in [2.45, 2.75) is 63.2 Å². The number of Topliss-reactive ketones (excluding diaryl/α,β-unsaturated/α-hetero) is 1. The number of furan rings is 1. The van der Waals surface area contributed by atoms with Crippen molar-refractivity contribution in [2.75, 3.05) is 19.6 Å². The van der Waals surface area contributed by atoms with Crippen molar-refractivity contribution in [3.63, 3.8) is 0 Å². The quantitative estimate of drug-likeness (QED) is 0.439. The maximum absolute atomic E-state index is 13.4. The highest BCUT2D eigenvalue weighted by atomic mass is 16.3. The largest absolute Gasteiger partial charge is 0.464 e. The normalized spacial score (nSPS) is 19.9. The van der Waals surface area contributed by atoms with E-state index in [0.29, 0.717) is 11.7 Å². The third-order valence-electron chi connectivity index (χ3n) is 7.69. The van der Waals surface area contributed by atoms with E-state index in [1.807, 2.05) is 24.4 Å². The second-order valence-corrected chi connectivity index (χ2v) is 9.63. The van der Waals surface area contributed by atoms with Gasteiger partial charge in [0.1, 0.15) is 11.4 Å². The minimum atomic E-state index is -0.0586. The summed E-state index contributed by atoms with van der Waals surface area (Å²) in [5, 5.41) is 1.26. The lowest BCUT2D eigenvalue weighted by atomic mass is 9.79. The molecule has 4 nitrogen and oxygen atoms in total. The van der Waals surface area contributed by atoms with Crippen molar-refractivity contribution in [3.05, 3.63) is 66.2 Å². The van der Waals surface area contributed by atoms with Crippen LogP contribution in [0.4, 0.5) is 0 Å². The van der Waals surface area contributed by atoms with E-state index in [-0.39, 0.29) is 11.8 Å². The third-order valence-corrected chi connectivity index (χ3v) is 7.69. The lowest BCUT2D eigenvalue weighted by Gasteiger charge is -2.33. The van der Waals surface area contributed by atoms with E-state index in [1.54, 1.807) is 6.26 Å². The molecule has 1 aromatic carbocycles. The number of ketones is 1. The molecule has 168 valence electrons. The van der Waals surface area contributed by atoms with E-state index < -0.39 is 0 Å². The van der Waals surface area contributed by atoms with Gasteiger partial charge in [0.15, 0.2) is 0 Å². The fourth-order valence-electron chi connectivity index (χ4n) is 5.84. The summed E-state index contributed by atoms with van der Waals surface area (Å²) in [4.78, 5) is 20.6. The van der Waals surface area contributed by atoms with Crippen LogP contribution in [-0.4, -0.2) is 35.3 Å². The van der Waals surface area contributed by atoms with Crippen LogP contribution in [0, 0.1) is 5.92 Å². The summed E-state index contributed by atoms with van der Waals surface area (Å²) in [6, 6.07) is 14.5. The van der Waals surface area contributed by atoms with Gasteiger partial charge in [0.2, 0.25) is 0 Å². The molecule has 32 heavy (non-hydrogen) atoms. The second kappa shape index (κ2) is 9.99. The SMILES string of the molecule is O=C(C1CCCCC1)C(CCN1CCC(c2cccc3occc23)CC1)c1ccccn1. The Balaban J connectivity index is 1.21. The molecule has 2 aliphatic rings. The van der Waals surface area contributed by atoms with Crippen LogP contribution in [0.15, 0.2) is 59.3 Å². The monoisotopic (exact) mass is 430 g/mol. The van der Waals surface area contributed by atoms with Crippen molar-refractivity contribution in [2.24, 2.45) is 5.92 Å². The summed E-state index contributed by atoms with van der Waals surface area (Å²) < 4.78 is 5.60. The smallest absolute Gasteiger partial charge is 0.145 e. The molecular weight excluding hydrogens is 396 g/mol. The highest BCUT2D eigenvalue weighted by molar-refractivity contribution is 5.87. The zero-order valence-electron chi connectivity index (χ0n) is 18.9. The highest BCUT2D eigenvalue weighted by Crippen LogP contribution is 2.35. The number of nitrogens with zero attached hydrogens (tertiary/aromatic N) is 2. The lowest BCUT2D eigenvalue weighted by molar-refractivity contribution is -0.125. The molecule has 0 N–H and O–H groups in total. The Morgan fingerprint density at radius 1 is 1.00 bits per heavy atom. The average Bonchev–Trinajstić information content (AvgIpc) is 3.35. The van der Waals surface area contributed by atoms with Crippen molar-refractivity contribution in [1.82, 2.24) is 9.88 Å². The van der Waals surface area contributed by atoms with Gasteiger partial charge in [-0.3, -0.25) is 9.78 Å². The van der Waals surface area contributed by atoms with Crippen LogP contribution in [0.5, 0.6) is 0 Å². The van der Waals surface area contributed by atoms with Gasteiger partial charge in [0.25, 0.3) is 0 Å². The molecule has 3 aromatic rings. The Kier molecular flexibility index (Phi) is 6.68. The molecule has 2 aromatic heterocycles. The first-order chi connectivity index (χ1) is 15.8. The molecule has 1 atom stereocenters. The van der Waals surface area contributed by atoms with E-state index in [9.17, 15) is 4.79 Å². The number of aromatic nitrogens is 1. The molecule has 1 saturated carbocycles. The summed E-state index contributed by atoms with van der Waals surface area (Å²) in [7, 11) is 0. The number of carbonyl (C=O) groups excluding carboxylic acids is 1. The standard InChI is InChI=1S/C28H34N2O2/c31-28(22-7-2-1-3-8-22)25(26-10-4-5-16-29-26)14-19-30-17-12-21(13-18-30)23-9-6-11-27-24(23)15-20-32-27/h4-6,9-11,15-16,20-22,25H,1-3,7-8,12-14,17-19H2. The Bertz CT molecular complexity index is 1010. The fraction of sp³-hybridized carbons (Fsp3) is 0.500. The number of fused-ring (bicyclic) bond motifs is 1. The summed E-state index contributed by atoms with van der Waals surface area (Å²) in [6.07, 6.45) is 12.6. The Labute approximate surface area is 191 Å². The molecule has 1 aliphatic carbocycles. The van der Waals surface area contributed by atoms with E-state index in [0.717, 1.165) is 63.0 Å². The molecule has 0 radical (unpaired) electrons. The fourth-order valence-corrected chi connectivity index (χ4v) is 5.84. The number of benzene rings is 1. The van der Waals surface area contributed by atoms with Gasteiger partial charge in [0.05, 0.1) is 17.9 Å². The minimum absolute atomic E-state index is 0.0586. The maximum Gasteiger partial charge on any atom is 0.145 e. The first kappa shape index (κ1) is 21.4. The van der Waals surface area contributed by atoms with Crippen LogP contribution in [-0.2, 0) is 4.79 Å². The third kappa shape index (κ3) is 4.66. The summed E-state index contributed by atoms with van der Waals surface area (Å²) >= 11 is 0. The van der Waals surface area contributed by atoms with E-state index in [1.165, 1.54) is 30.2 Å². The molecule has 4 heteroatoms.